The third-order valence-corrected chi connectivity index (χ3v) is 4.40. The summed E-state index contributed by atoms with van der Waals surface area (Å²) in [5.41, 5.74) is 2.75. The molecule has 1 heterocycles. The van der Waals surface area contributed by atoms with E-state index >= 15 is 0 Å². The van der Waals surface area contributed by atoms with E-state index in [9.17, 15) is 10.1 Å². The Kier molecular flexibility index (Phi) is 4.18. The van der Waals surface area contributed by atoms with Crippen molar-refractivity contribution in [3.63, 3.8) is 0 Å². The van der Waals surface area contributed by atoms with E-state index in [0.717, 1.165) is 26.5 Å². The largest absolute Gasteiger partial charge is 0.361 e. The molecule has 1 unspecified atom stereocenters. The van der Waals surface area contributed by atoms with E-state index in [0.29, 0.717) is 5.02 Å². The van der Waals surface area contributed by atoms with Crippen molar-refractivity contribution in [1.29, 1.82) is 0 Å². The Hall–Kier alpha value is -1.85. The third kappa shape index (κ3) is 3.00. The summed E-state index contributed by atoms with van der Waals surface area (Å²) in [6.45, 7) is -0.162. The molecule has 0 saturated heterocycles. The lowest BCUT2D eigenvalue weighted by atomic mass is 9.91. The maximum absolute atomic E-state index is 11.1. The normalized spacial score (nSPS) is 12.5. The molecular weight excluding hydrogens is 368 g/mol. The summed E-state index contributed by atoms with van der Waals surface area (Å²) in [5.74, 6) is -0.317. The number of halogens is 2. The summed E-state index contributed by atoms with van der Waals surface area (Å²) in [4.78, 5) is 14.0. The Balaban J connectivity index is 2.11. The van der Waals surface area contributed by atoms with Crippen LogP contribution in [0.5, 0.6) is 0 Å². The molecule has 0 aliphatic heterocycles. The predicted molar refractivity (Wildman–Crippen MR) is 91.2 cm³/mol. The summed E-state index contributed by atoms with van der Waals surface area (Å²) in [5, 5.41) is 12.7. The van der Waals surface area contributed by atoms with Gasteiger partial charge < -0.3 is 4.98 Å². The molecule has 0 bridgehead atoms. The molecule has 112 valence electrons. The number of aromatic amines is 1. The molecule has 22 heavy (non-hydrogen) atoms. The highest BCUT2D eigenvalue weighted by atomic mass is 79.9. The molecule has 3 rings (SSSR count). The minimum atomic E-state index is -0.317. The quantitative estimate of drug-likeness (QED) is 0.512. The van der Waals surface area contributed by atoms with E-state index in [2.05, 4.69) is 20.9 Å². The van der Waals surface area contributed by atoms with E-state index in [1.165, 1.54) is 0 Å². The second-order valence-electron chi connectivity index (χ2n) is 5.05. The zero-order chi connectivity index (χ0) is 15.7. The Morgan fingerprint density at radius 3 is 2.64 bits per heavy atom. The number of benzene rings is 2. The van der Waals surface area contributed by atoms with Crippen molar-refractivity contribution >= 4 is 38.4 Å². The van der Waals surface area contributed by atoms with Gasteiger partial charge in [0.15, 0.2) is 0 Å². The van der Waals surface area contributed by atoms with E-state index < -0.39 is 0 Å². The van der Waals surface area contributed by atoms with Gasteiger partial charge in [-0.3, -0.25) is 10.1 Å². The molecular formula is C16H12BrClN2O2. The van der Waals surface area contributed by atoms with Crippen LogP contribution in [-0.4, -0.2) is 16.5 Å². The molecule has 0 spiro atoms. The molecule has 4 nitrogen and oxygen atoms in total. The van der Waals surface area contributed by atoms with Crippen molar-refractivity contribution < 1.29 is 4.92 Å². The molecule has 1 aromatic heterocycles. The average Bonchev–Trinajstić information content (AvgIpc) is 2.88. The van der Waals surface area contributed by atoms with Crippen LogP contribution in [0.1, 0.15) is 17.0 Å². The first-order valence-corrected chi connectivity index (χ1v) is 7.85. The lowest BCUT2D eigenvalue weighted by Crippen LogP contribution is -2.13. The Labute approximate surface area is 140 Å². The number of hydrogen-bond donors (Lipinski definition) is 1. The van der Waals surface area contributed by atoms with Gasteiger partial charge in [0.2, 0.25) is 6.54 Å². The molecule has 0 aliphatic carbocycles. The van der Waals surface area contributed by atoms with Crippen LogP contribution in [0.15, 0.2) is 53.1 Å². The van der Waals surface area contributed by atoms with Crippen molar-refractivity contribution in [2.75, 3.05) is 6.54 Å². The van der Waals surface area contributed by atoms with Gasteiger partial charge in [0, 0.05) is 31.5 Å². The van der Waals surface area contributed by atoms with Crippen molar-refractivity contribution in [2.24, 2.45) is 0 Å². The number of hydrogen-bond acceptors (Lipinski definition) is 2. The monoisotopic (exact) mass is 378 g/mol. The first-order valence-electron chi connectivity index (χ1n) is 6.68. The highest BCUT2D eigenvalue weighted by molar-refractivity contribution is 9.10. The van der Waals surface area contributed by atoms with Crippen LogP contribution >= 0.6 is 27.5 Å². The van der Waals surface area contributed by atoms with Gasteiger partial charge in [-0.15, -0.1) is 0 Å². The number of nitrogens with one attached hydrogen (secondary N) is 1. The molecule has 0 amide bonds. The average molecular weight is 380 g/mol. The predicted octanol–water partition coefficient (Wildman–Crippen LogP) is 4.99. The van der Waals surface area contributed by atoms with Gasteiger partial charge in [0.05, 0.1) is 5.92 Å². The van der Waals surface area contributed by atoms with Gasteiger partial charge in [0.1, 0.15) is 0 Å². The summed E-state index contributed by atoms with van der Waals surface area (Å²) in [7, 11) is 0. The van der Waals surface area contributed by atoms with Crippen LogP contribution in [0.25, 0.3) is 10.9 Å². The zero-order valence-electron chi connectivity index (χ0n) is 11.4. The molecule has 0 aliphatic rings. The first kappa shape index (κ1) is 15.1. The van der Waals surface area contributed by atoms with Crippen LogP contribution in [0.3, 0.4) is 0 Å². The maximum Gasteiger partial charge on any atom is 0.214 e. The zero-order valence-corrected chi connectivity index (χ0v) is 13.8. The highest BCUT2D eigenvalue weighted by Gasteiger charge is 2.23. The van der Waals surface area contributed by atoms with E-state index in [4.69, 9.17) is 11.6 Å². The minimum Gasteiger partial charge on any atom is -0.361 e. The minimum absolute atomic E-state index is 0.162. The van der Waals surface area contributed by atoms with Crippen LogP contribution < -0.4 is 0 Å². The topological polar surface area (TPSA) is 58.9 Å². The second-order valence-corrected chi connectivity index (χ2v) is 6.41. The highest BCUT2D eigenvalue weighted by Crippen LogP contribution is 2.32. The number of fused-ring (bicyclic) bond motifs is 1. The Morgan fingerprint density at radius 1 is 1.23 bits per heavy atom. The number of aromatic nitrogens is 1. The molecule has 0 radical (unpaired) electrons. The van der Waals surface area contributed by atoms with Gasteiger partial charge in [-0.1, -0.05) is 45.7 Å². The SMILES string of the molecule is O=[N+]([O-])CC(c1ccc(Cl)cc1)c1c[nH]c2cc(Br)ccc12. The van der Waals surface area contributed by atoms with Crippen molar-refractivity contribution in [1.82, 2.24) is 4.98 Å². The van der Waals surface area contributed by atoms with Crippen molar-refractivity contribution in [3.05, 3.63) is 79.4 Å². The summed E-state index contributed by atoms with van der Waals surface area (Å²) >= 11 is 9.34. The number of H-pyrrole nitrogens is 1. The smallest absolute Gasteiger partial charge is 0.214 e. The van der Waals surface area contributed by atoms with Gasteiger partial charge in [-0.25, -0.2) is 0 Å². The number of nitro groups is 1. The second kappa shape index (κ2) is 6.10. The van der Waals surface area contributed by atoms with E-state index in [-0.39, 0.29) is 17.4 Å². The van der Waals surface area contributed by atoms with E-state index in [1.807, 2.05) is 36.5 Å². The molecule has 2 aromatic carbocycles. The van der Waals surface area contributed by atoms with Crippen molar-refractivity contribution in [3.8, 4) is 0 Å². The van der Waals surface area contributed by atoms with Crippen LogP contribution in [0.4, 0.5) is 0 Å². The molecule has 1 atom stereocenters. The summed E-state index contributed by atoms with van der Waals surface area (Å²) in [6.07, 6.45) is 1.85. The van der Waals surface area contributed by atoms with Crippen LogP contribution in [-0.2, 0) is 0 Å². The summed E-state index contributed by atoms with van der Waals surface area (Å²) in [6, 6.07) is 13.1. The van der Waals surface area contributed by atoms with Crippen LogP contribution in [0, 0.1) is 10.1 Å². The number of rotatable bonds is 4. The lowest BCUT2D eigenvalue weighted by molar-refractivity contribution is -0.481. The first-order chi connectivity index (χ1) is 10.5. The van der Waals surface area contributed by atoms with Crippen LogP contribution in [0.2, 0.25) is 5.02 Å². The molecule has 1 N–H and O–H groups in total. The third-order valence-electron chi connectivity index (χ3n) is 3.66. The number of nitrogens with zero attached hydrogens (tertiary/aromatic N) is 1. The van der Waals surface area contributed by atoms with Gasteiger partial charge in [-0.2, -0.15) is 0 Å². The van der Waals surface area contributed by atoms with Gasteiger partial charge in [0.25, 0.3) is 0 Å². The fraction of sp³-hybridized carbons (Fsp3) is 0.125. The fourth-order valence-electron chi connectivity index (χ4n) is 2.64. The molecule has 6 heteroatoms. The molecule has 0 saturated carbocycles. The van der Waals surface area contributed by atoms with Gasteiger partial charge in [-0.05, 0) is 35.4 Å². The summed E-state index contributed by atoms with van der Waals surface area (Å²) < 4.78 is 0.964. The lowest BCUT2D eigenvalue weighted by Gasteiger charge is -2.13. The molecule has 3 aromatic rings. The Bertz CT molecular complexity index is 830. The fourth-order valence-corrected chi connectivity index (χ4v) is 3.12. The standard InChI is InChI=1S/C16H12BrClN2O2/c17-11-3-6-13-14(8-19-16(13)7-11)15(9-20(21)22)10-1-4-12(18)5-2-10/h1-8,15,19H,9H2. The van der Waals surface area contributed by atoms with E-state index in [1.54, 1.807) is 12.1 Å². The Morgan fingerprint density at radius 2 is 1.95 bits per heavy atom. The molecule has 0 fully saturated rings. The maximum atomic E-state index is 11.1. The van der Waals surface area contributed by atoms with Crippen molar-refractivity contribution in [2.45, 2.75) is 5.92 Å². The van der Waals surface area contributed by atoms with Gasteiger partial charge >= 0.3 is 0 Å².